The van der Waals surface area contributed by atoms with Crippen LogP contribution in [-0.2, 0) is 6.54 Å². The van der Waals surface area contributed by atoms with Gasteiger partial charge in [0, 0.05) is 44.4 Å². The summed E-state index contributed by atoms with van der Waals surface area (Å²) in [6, 6.07) is 3.74. The molecule has 6 heteroatoms. The third-order valence-electron chi connectivity index (χ3n) is 4.17. The van der Waals surface area contributed by atoms with Crippen molar-refractivity contribution in [2.45, 2.75) is 25.9 Å². The topological polar surface area (TPSA) is 32.5 Å². The minimum Gasteiger partial charge on any atom is -0.392 e. The molecular weight excluding hydrogens is 292 g/mol. The molecule has 3 nitrogen and oxygen atoms in total. The smallest absolute Gasteiger partial charge is 0.130 e. The van der Waals surface area contributed by atoms with Crippen molar-refractivity contribution in [2.24, 2.45) is 5.73 Å². The molecule has 0 amide bonds. The monoisotopic (exact) mass is 313 g/mol. The van der Waals surface area contributed by atoms with Gasteiger partial charge in [-0.25, -0.2) is 8.78 Å². The van der Waals surface area contributed by atoms with Gasteiger partial charge in [-0.2, -0.15) is 0 Å². The van der Waals surface area contributed by atoms with Crippen molar-refractivity contribution >= 4 is 17.2 Å². The largest absolute Gasteiger partial charge is 0.392 e. The summed E-state index contributed by atoms with van der Waals surface area (Å²) in [4.78, 5) is 4.88. The number of hydrogen-bond donors (Lipinski definition) is 1. The van der Waals surface area contributed by atoms with Crippen molar-refractivity contribution in [3.63, 3.8) is 0 Å². The second kappa shape index (κ2) is 6.34. The maximum absolute atomic E-state index is 13.7. The summed E-state index contributed by atoms with van der Waals surface area (Å²) in [5.41, 5.74) is 6.01. The van der Waals surface area contributed by atoms with Gasteiger partial charge in [0.15, 0.2) is 0 Å². The van der Waals surface area contributed by atoms with Crippen LogP contribution >= 0.6 is 12.2 Å². The van der Waals surface area contributed by atoms with Crippen LogP contribution in [0.4, 0.5) is 8.78 Å². The van der Waals surface area contributed by atoms with Crippen molar-refractivity contribution < 1.29 is 8.78 Å². The highest BCUT2D eigenvalue weighted by Gasteiger charge is 2.32. The molecule has 1 saturated heterocycles. The summed E-state index contributed by atoms with van der Waals surface area (Å²) < 4.78 is 26.6. The molecule has 2 N–H and O–H groups in total. The molecule has 0 aromatic heterocycles. The van der Waals surface area contributed by atoms with Crippen molar-refractivity contribution in [1.29, 1.82) is 0 Å². The Morgan fingerprint density at radius 1 is 1.24 bits per heavy atom. The zero-order valence-electron chi connectivity index (χ0n) is 12.4. The van der Waals surface area contributed by atoms with Gasteiger partial charge in [-0.15, -0.1) is 0 Å². The fourth-order valence-electron chi connectivity index (χ4n) is 2.51. The second-order valence-electron chi connectivity index (χ2n) is 5.92. The molecule has 0 aliphatic carbocycles. The Morgan fingerprint density at radius 2 is 1.86 bits per heavy atom. The van der Waals surface area contributed by atoms with E-state index in [2.05, 4.69) is 9.80 Å². The molecule has 0 bridgehead atoms. The minimum absolute atomic E-state index is 0.303. The molecule has 21 heavy (non-hydrogen) atoms. The van der Waals surface area contributed by atoms with Gasteiger partial charge in [0.2, 0.25) is 0 Å². The lowest BCUT2D eigenvalue weighted by Gasteiger charge is -2.43. The van der Waals surface area contributed by atoms with E-state index < -0.39 is 11.6 Å². The van der Waals surface area contributed by atoms with Crippen LogP contribution in [0.25, 0.3) is 0 Å². The number of rotatable bonds is 4. The zero-order chi connectivity index (χ0) is 15.6. The molecule has 0 radical (unpaired) electrons. The van der Waals surface area contributed by atoms with Gasteiger partial charge in [-0.05, 0) is 19.9 Å². The van der Waals surface area contributed by atoms with Crippen LogP contribution in [0.5, 0.6) is 0 Å². The molecule has 1 aromatic rings. The van der Waals surface area contributed by atoms with E-state index in [0.29, 0.717) is 17.1 Å². The Labute approximate surface area is 129 Å². The standard InChI is InChI=1S/C15H21F2N3S/c1-15(2,14(18)21)20-7-5-19(6-8-20)10-11-3-4-12(16)9-13(11)17/h3-4,9H,5-8,10H2,1-2H3,(H2,18,21). The van der Waals surface area contributed by atoms with Crippen LogP contribution in [0.3, 0.4) is 0 Å². The van der Waals surface area contributed by atoms with E-state index >= 15 is 0 Å². The SMILES string of the molecule is CC(C)(C(N)=S)N1CCN(Cc2ccc(F)cc2F)CC1. The Balaban J connectivity index is 1.94. The van der Waals surface area contributed by atoms with E-state index in [-0.39, 0.29) is 5.54 Å². The van der Waals surface area contributed by atoms with E-state index in [1.807, 2.05) is 13.8 Å². The quantitative estimate of drug-likeness (QED) is 0.864. The van der Waals surface area contributed by atoms with Crippen LogP contribution in [-0.4, -0.2) is 46.5 Å². The molecule has 1 aliphatic rings. The minimum atomic E-state index is -0.542. The number of nitrogens with zero attached hydrogens (tertiary/aromatic N) is 2. The summed E-state index contributed by atoms with van der Waals surface area (Å²) in [6.07, 6.45) is 0. The fourth-order valence-corrected chi connectivity index (χ4v) is 2.64. The third kappa shape index (κ3) is 3.75. The lowest BCUT2D eigenvalue weighted by atomic mass is 10.0. The van der Waals surface area contributed by atoms with Gasteiger partial charge in [0.05, 0.1) is 10.5 Å². The highest BCUT2D eigenvalue weighted by molar-refractivity contribution is 7.80. The molecule has 1 aliphatic heterocycles. The molecule has 2 rings (SSSR count). The first-order chi connectivity index (χ1) is 9.80. The van der Waals surface area contributed by atoms with Crippen LogP contribution in [0.2, 0.25) is 0 Å². The normalized spacial score (nSPS) is 17.9. The van der Waals surface area contributed by atoms with Crippen molar-refractivity contribution in [3.05, 3.63) is 35.4 Å². The van der Waals surface area contributed by atoms with Crippen molar-refractivity contribution in [2.75, 3.05) is 26.2 Å². The second-order valence-corrected chi connectivity index (χ2v) is 6.36. The number of thiocarbonyl (C=S) groups is 1. The molecule has 1 heterocycles. The zero-order valence-corrected chi connectivity index (χ0v) is 13.2. The summed E-state index contributed by atoms with van der Waals surface area (Å²) in [7, 11) is 0. The lowest BCUT2D eigenvalue weighted by molar-refractivity contribution is 0.0815. The highest BCUT2D eigenvalue weighted by atomic mass is 32.1. The van der Waals surface area contributed by atoms with Gasteiger partial charge in [0.1, 0.15) is 11.6 Å². The van der Waals surface area contributed by atoms with E-state index in [1.54, 1.807) is 0 Å². The predicted octanol–water partition coefficient (Wildman–Crippen LogP) is 2.15. The fraction of sp³-hybridized carbons (Fsp3) is 0.533. The lowest BCUT2D eigenvalue weighted by Crippen LogP contribution is -2.59. The first-order valence-corrected chi connectivity index (χ1v) is 7.43. The number of hydrogen-bond acceptors (Lipinski definition) is 3. The first-order valence-electron chi connectivity index (χ1n) is 7.02. The summed E-state index contributed by atoms with van der Waals surface area (Å²) in [5, 5.41) is 0. The van der Waals surface area contributed by atoms with Gasteiger partial charge < -0.3 is 5.73 Å². The third-order valence-corrected chi connectivity index (χ3v) is 4.67. The molecule has 116 valence electrons. The maximum atomic E-state index is 13.7. The first kappa shape index (κ1) is 16.3. The molecular formula is C15H21F2N3S. The molecule has 1 fully saturated rings. The van der Waals surface area contributed by atoms with Gasteiger partial charge in [0.25, 0.3) is 0 Å². The molecule has 0 spiro atoms. The van der Waals surface area contributed by atoms with E-state index in [0.717, 1.165) is 32.2 Å². The molecule has 0 saturated carbocycles. The average molecular weight is 313 g/mol. The Hall–Kier alpha value is -1.11. The summed E-state index contributed by atoms with van der Waals surface area (Å²) in [6.45, 7) is 7.80. The number of benzene rings is 1. The summed E-state index contributed by atoms with van der Waals surface area (Å²) >= 11 is 5.11. The van der Waals surface area contributed by atoms with Crippen molar-refractivity contribution in [1.82, 2.24) is 9.80 Å². The van der Waals surface area contributed by atoms with E-state index in [9.17, 15) is 8.78 Å². The predicted molar refractivity (Wildman–Crippen MR) is 84.1 cm³/mol. The van der Waals surface area contributed by atoms with Crippen LogP contribution in [0, 0.1) is 11.6 Å². The highest BCUT2D eigenvalue weighted by Crippen LogP contribution is 2.19. The maximum Gasteiger partial charge on any atom is 0.130 e. The molecule has 0 atom stereocenters. The van der Waals surface area contributed by atoms with Gasteiger partial charge in [-0.3, -0.25) is 9.80 Å². The van der Waals surface area contributed by atoms with Crippen LogP contribution in [0.1, 0.15) is 19.4 Å². The van der Waals surface area contributed by atoms with E-state index in [4.69, 9.17) is 18.0 Å². The van der Waals surface area contributed by atoms with Crippen LogP contribution in [0.15, 0.2) is 18.2 Å². The van der Waals surface area contributed by atoms with E-state index in [1.165, 1.54) is 12.1 Å². The van der Waals surface area contributed by atoms with Gasteiger partial charge in [-0.1, -0.05) is 18.3 Å². The molecule has 1 aromatic carbocycles. The molecule has 0 unspecified atom stereocenters. The Kier molecular flexibility index (Phi) is 4.91. The van der Waals surface area contributed by atoms with Gasteiger partial charge >= 0.3 is 0 Å². The number of halogens is 2. The van der Waals surface area contributed by atoms with Crippen molar-refractivity contribution in [3.8, 4) is 0 Å². The Morgan fingerprint density at radius 3 is 2.38 bits per heavy atom. The number of nitrogens with two attached hydrogens (primary N) is 1. The Bertz CT molecular complexity index is 526. The van der Waals surface area contributed by atoms with Crippen LogP contribution < -0.4 is 5.73 Å². The average Bonchev–Trinajstić information content (AvgIpc) is 2.42. The number of piperazine rings is 1. The summed E-state index contributed by atoms with van der Waals surface area (Å²) in [5.74, 6) is -1.03.